The summed E-state index contributed by atoms with van der Waals surface area (Å²) in [6, 6.07) is 10.4. The molecule has 2 aliphatic rings. The molecule has 0 bridgehead atoms. The van der Waals surface area contributed by atoms with Crippen LogP contribution in [0.3, 0.4) is 0 Å². The van der Waals surface area contributed by atoms with E-state index in [4.69, 9.17) is 0 Å². The number of rotatable bonds is 0. The molecule has 12 heteroatoms. The fraction of sp³-hybridized carbons (Fsp3) is 0.0417. The molecule has 0 aromatic carbocycles. The van der Waals surface area contributed by atoms with Gasteiger partial charge in [-0.15, -0.1) is 22.7 Å². The number of allylic oxidation sites excluding steroid dienone is 2. The van der Waals surface area contributed by atoms with E-state index in [1.807, 2.05) is 30.5 Å². The summed E-state index contributed by atoms with van der Waals surface area (Å²) in [7, 11) is 0. The summed E-state index contributed by atoms with van der Waals surface area (Å²) in [6.07, 6.45) is 13.6. The van der Waals surface area contributed by atoms with E-state index in [1.54, 1.807) is 65.0 Å². The molecule has 8 rings (SSSR count). The van der Waals surface area contributed by atoms with E-state index in [0.29, 0.717) is 0 Å². The van der Waals surface area contributed by atoms with Crippen LogP contribution in [-0.4, -0.2) is 41.5 Å². The summed E-state index contributed by atoms with van der Waals surface area (Å²) >= 11 is 6.27. The van der Waals surface area contributed by atoms with Gasteiger partial charge < -0.3 is 0 Å². The van der Waals surface area contributed by atoms with Gasteiger partial charge in [-0.3, -0.25) is 15.3 Å². The molecular formula is C24H14N8S4. The molecule has 4 radical (unpaired) electrons. The standard InChI is InChI=1S/C6H5N2S.3C6H3N2S/c2*1-2-7-3-6-5(1)8-4-9-6;2*1-2-5-6(7-3-1)9-4-8-5/h1-3H,4H2;1-2,4H;1,3-4H;1-3H. The molecule has 0 amide bonds. The third kappa shape index (κ3) is 6.34. The number of thioether (sulfide) groups is 1. The Morgan fingerprint density at radius 3 is 2.72 bits per heavy atom. The van der Waals surface area contributed by atoms with Crippen LogP contribution in [0.25, 0.3) is 30.9 Å². The highest BCUT2D eigenvalue weighted by molar-refractivity contribution is 8.04. The minimum Gasteiger partial charge on any atom is -0.273 e. The minimum atomic E-state index is 0.862. The molecular weight excluding hydrogens is 529 g/mol. The lowest BCUT2D eigenvalue weighted by atomic mass is 10.3. The first-order valence-corrected chi connectivity index (χ1v) is 13.9. The summed E-state index contributed by atoms with van der Waals surface area (Å²) < 4.78 is 1.03. The molecule has 0 saturated heterocycles. The van der Waals surface area contributed by atoms with Crippen LogP contribution in [0.2, 0.25) is 0 Å². The maximum absolute atomic E-state index is 4.22. The van der Waals surface area contributed by atoms with Gasteiger partial charge in [-0.2, -0.15) is 0 Å². The zero-order chi connectivity index (χ0) is 24.4. The van der Waals surface area contributed by atoms with Crippen LogP contribution >= 0.6 is 45.8 Å². The normalized spacial score (nSPS) is 13.2. The van der Waals surface area contributed by atoms with Crippen LogP contribution in [0.5, 0.6) is 0 Å². The van der Waals surface area contributed by atoms with Gasteiger partial charge in [0, 0.05) is 37.1 Å². The fourth-order valence-corrected chi connectivity index (χ4v) is 5.30. The molecule has 6 aromatic rings. The SMILES string of the molecule is C1=CC2=NCSC2=C[N]1.[c]1ccnc2scnc12.[c]1nc2cccnc2s1.[c]1nccc2ncsc12. The Kier molecular flexibility index (Phi) is 8.31. The molecule has 8 heterocycles. The number of nitrogens with zero attached hydrogens (tertiary/aromatic N) is 8. The topological polar surface area (TPSA) is 104 Å². The summed E-state index contributed by atoms with van der Waals surface area (Å²) in [4.78, 5) is 31.3. The monoisotopic (exact) mass is 542 g/mol. The molecule has 6 aromatic heterocycles. The predicted molar refractivity (Wildman–Crippen MR) is 148 cm³/mol. The number of hydrogen-bond acceptors (Lipinski definition) is 11. The number of aromatic nitrogens is 6. The predicted octanol–water partition coefficient (Wildman–Crippen LogP) is 5.58. The van der Waals surface area contributed by atoms with Crippen LogP contribution < -0.4 is 5.32 Å². The van der Waals surface area contributed by atoms with Crippen molar-refractivity contribution in [3.63, 3.8) is 0 Å². The average molecular weight is 543 g/mol. The third-order valence-electron chi connectivity index (χ3n) is 4.38. The van der Waals surface area contributed by atoms with Crippen molar-refractivity contribution in [2.24, 2.45) is 4.99 Å². The van der Waals surface area contributed by atoms with E-state index in [1.165, 1.54) is 27.6 Å². The van der Waals surface area contributed by atoms with E-state index in [2.05, 4.69) is 58.0 Å². The van der Waals surface area contributed by atoms with Gasteiger partial charge in [0.05, 0.1) is 37.7 Å². The van der Waals surface area contributed by atoms with Crippen molar-refractivity contribution in [3.8, 4) is 0 Å². The van der Waals surface area contributed by atoms with Crippen molar-refractivity contribution in [1.29, 1.82) is 0 Å². The maximum atomic E-state index is 4.22. The Labute approximate surface area is 222 Å². The first-order chi connectivity index (χ1) is 17.9. The van der Waals surface area contributed by atoms with E-state index >= 15 is 0 Å². The minimum absolute atomic E-state index is 0.862. The van der Waals surface area contributed by atoms with Crippen LogP contribution in [0, 0.1) is 17.8 Å². The van der Waals surface area contributed by atoms with Gasteiger partial charge in [0.2, 0.25) is 0 Å². The summed E-state index contributed by atoms with van der Waals surface area (Å²) in [6.45, 7) is 0. The molecule has 0 saturated carbocycles. The number of hydrogen-bond donors (Lipinski definition) is 0. The summed E-state index contributed by atoms with van der Waals surface area (Å²) in [5.74, 6) is 0.862. The van der Waals surface area contributed by atoms with Gasteiger partial charge in [-0.1, -0.05) is 23.1 Å². The van der Waals surface area contributed by atoms with Crippen molar-refractivity contribution in [1.82, 2.24) is 35.2 Å². The molecule has 0 unspecified atom stereocenters. The Bertz CT molecular complexity index is 1400. The van der Waals surface area contributed by atoms with Crippen molar-refractivity contribution in [2.75, 3.05) is 5.88 Å². The second-order valence-corrected chi connectivity index (χ2v) is 10.1. The fourth-order valence-electron chi connectivity index (χ4n) is 2.76. The van der Waals surface area contributed by atoms with Crippen LogP contribution in [0.15, 0.2) is 82.3 Å². The number of fused-ring (bicyclic) bond motifs is 4. The van der Waals surface area contributed by atoms with E-state index in [0.717, 1.165) is 42.5 Å². The van der Waals surface area contributed by atoms with Crippen molar-refractivity contribution in [2.45, 2.75) is 0 Å². The smallest absolute Gasteiger partial charge is 0.155 e. The Morgan fingerprint density at radius 1 is 0.889 bits per heavy atom. The third-order valence-corrected chi connectivity index (χ3v) is 7.43. The van der Waals surface area contributed by atoms with Gasteiger partial charge in [0.15, 0.2) is 5.51 Å². The first kappa shape index (κ1) is 24.1. The lowest BCUT2D eigenvalue weighted by Crippen LogP contribution is -2.00. The molecule has 36 heavy (non-hydrogen) atoms. The lowest BCUT2D eigenvalue weighted by Gasteiger charge is -1.99. The van der Waals surface area contributed by atoms with Gasteiger partial charge in [0.1, 0.15) is 26.9 Å². The summed E-state index contributed by atoms with van der Waals surface area (Å²) in [5.41, 5.74) is 10.2. The quantitative estimate of drug-likeness (QED) is 0.247. The van der Waals surface area contributed by atoms with Crippen molar-refractivity contribution >= 4 is 82.4 Å². The molecule has 8 nitrogen and oxygen atoms in total. The molecule has 0 N–H and O–H groups in total. The maximum Gasteiger partial charge on any atom is 0.155 e. The van der Waals surface area contributed by atoms with Gasteiger partial charge in [0.25, 0.3) is 0 Å². The second-order valence-electron chi connectivity index (χ2n) is 6.63. The van der Waals surface area contributed by atoms with E-state index < -0.39 is 0 Å². The highest BCUT2D eigenvalue weighted by Crippen LogP contribution is 2.25. The zero-order valence-electron chi connectivity index (χ0n) is 18.3. The highest BCUT2D eigenvalue weighted by atomic mass is 32.2. The van der Waals surface area contributed by atoms with Gasteiger partial charge >= 0.3 is 0 Å². The molecule has 0 aliphatic carbocycles. The highest BCUT2D eigenvalue weighted by Gasteiger charge is 2.12. The Balaban J connectivity index is 0.0000000988. The number of thiazole rings is 3. The second kappa shape index (κ2) is 12.4. The van der Waals surface area contributed by atoms with Gasteiger partial charge in [-0.25, -0.2) is 24.9 Å². The lowest BCUT2D eigenvalue weighted by molar-refractivity contribution is 1.16. The number of aliphatic imine (C=N–C) groups is 1. The zero-order valence-corrected chi connectivity index (χ0v) is 21.6. The van der Waals surface area contributed by atoms with Crippen LogP contribution in [0.1, 0.15) is 0 Å². The first-order valence-electron chi connectivity index (χ1n) is 10.3. The van der Waals surface area contributed by atoms with E-state index in [9.17, 15) is 0 Å². The van der Waals surface area contributed by atoms with Crippen molar-refractivity contribution < 1.29 is 0 Å². The van der Waals surface area contributed by atoms with Crippen LogP contribution in [-0.2, 0) is 0 Å². The van der Waals surface area contributed by atoms with Crippen LogP contribution in [0.4, 0.5) is 0 Å². The molecule has 0 spiro atoms. The molecule has 174 valence electrons. The molecule has 0 fully saturated rings. The van der Waals surface area contributed by atoms with E-state index in [-0.39, 0.29) is 0 Å². The molecule has 0 atom stereocenters. The Morgan fingerprint density at radius 2 is 1.83 bits per heavy atom. The largest absolute Gasteiger partial charge is 0.273 e. The number of pyridine rings is 3. The molecule has 2 aliphatic heterocycles. The van der Waals surface area contributed by atoms with Crippen molar-refractivity contribution in [3.05, 3.63) is 95.0 Å². The van der Waals surface area contributed by atoms with Gasteiger partial charge in [-0.05, 0) is 30.3 Å². The Hall–Kier alpha value is -3.58. The summed E-state index contributed by atoms with van der Waals surface area (Å²) in [5, 5.41) is 3.98. The average Bonchev–Trinajstić information content (AvgIpc) is 3.76.